The van der Waals surface area contributed by atoms with Gasteiger partial charge in [0.2, 0.25) is 0 Å². The fourth-order valence-corrected chi connectivity index (χ4v) is 6.06. The minimum absolute atomic E-state index is 0.273. The van der Waals surface area contributed by atoms with Gasteiger partial charge in [0.25, 0.3) is 0 Å². The third-order valence-electron chi connectivity index (χ3n) is 5.11. The second-order valence-corrected chi connectivity index (χ2v) is 19.8. The fourth-order valence-electron chi connectivity index (χ4n) is 3.39. The molecule has 0 spiro atoms. The summed E-state index contributed by atoms with van der Waals surface area (Å²) in [5.74, 6) is 0. The maximum atomic E-state index is 2.53. The van der Waals surface area contributed by atoms with Gasteiger partial charge < -0.3 is 0 Å². The molecule has 1 unspecified atom stereocenters. The van der Waals surface area contributed by atoms with Crippen LogP contribution < -0.4 is 0 Å². The summed E-state index contributed by atoms with van der Waals surface area (Å²) in [7, 11) is 0. The molecule has 1 aliphatic carbocycles. The number of benzene rings is 3. The van der Waals surface area contributed by atoms with Crippen LogP contribution in [0.2, 0.25) is 19.7 Å². The number of hydrogen-bond acceptors (Lipinski definition) is 0. The Morgan fingerprint density at radius 1 is 0.792 bits per heavy atom. The molecule has 0 nitrogen and oxygen atoms in total. The second kappa shape index (κ2) is 5.43. The molecule has 3 aromatic rings. The van der Waals surface area contributed by atoms with E-state index in [1.807, 2.05) is 0 Å². The van der Waals surface area contributed by atoms with Gasteiger partial charge in [0.1, 0.15) is 0 Å². The SMILES string of the molecule is C[C]1([Pt]([CH3])([CH3])[CH3])C=CC(c2cc3ccccc3c3ccccc23)=C1. The molecule has 0 aliphatic heterocycles. The topological polar surface area (TPSA) is 0 Å². The standard InChI is InChI=1S/C20H15.3CH3.Pt/c1-14-10-11-16(12-14)20-13-15-6-2-3-7-17(15)18-8-4-5-9-19(18)20;;;;/h2-13H,1H3;3*1H3;. The van der Waals surface area contributed by atoms with E-state index in [0.29, 0.717) is 0 Å². The van der Waals surface area contributed by atoms with E-state index in [0.717, 1.165) is 0 Å². The molecule has 0 saturated heterocycles. The van der Waals surface area contributed by atoms with Gasteiger partial charge in [0, 0.05) is 0 Å². The molecule has 0 saturated carbocycles. The first-order valence-electron chi connectivity index (χ1n) is 8.08. The summed E-state index contributed by atoms with van der Waals surface area (Å²) >= 11 is -1.76. The van der Waals surface area contributed by atoms with Gasteiger partial charge in [-0.25, -0.2) is 0 Å². The molecule has 0 radical (unpaired) electrons. The Kier molecular flexibility index (Phi) is 3.59. The van der Waals surface area contributed by atoms with Gasteiger partial charge in [0.15, 0.2) is 0 Å². The molecule has 3 aromatic carbocycles. The van der Waals surface area contributed by atoms with Crippen molar-refractivity contribution in [3.63, 3.8) is 0 Å². The molecular weight excluding hydrogens is 471 g/mol. The van der Waals surface area contributed by atoms with E-state index in [4.69, 9.17) is 0 Å². The van der Waals surface area contributed by atoms with Crippen LogP contribution in [0.5, 0.6) is 0 Å². The van der Waals surface area contributed by atoms with Gasteiger partial charge in [-0.05, 0) is 0 Å². The van der Waals surface area contributed by atoms with Crippen LogP contribution in [0.4, 0.5) is 0 Å². The van der Waals surface area contributed by atoms with E-state index in [1.165, 1.54) is 32.7 Å². The number of rotatable bonds is 2. The maximum absolute atomic E-state index is 2.53. The Balaban J connectivity index is 2.01. The molecule has 4 rings (SSSR count). The van der Waals surface area contributed by atoms with Crippen LogP contribution in [0, 0.1) is 0 Å². The average Bonchev–Trinajstić information content (AvgIpc) is 2.97. The number of hydrogen-bond donors (Lipinski definition) is 0. The Labute approximate surface area is 148 Å². The van der Waals surface area contributed by atoms with Crippen molar-refractivity contribution in [3.8, 4) is 0 Å². The van der Waals surface area contributed by atoms with Crippen LogP contribution in [-0.2, 0) is 16.1 Å². The van der Waals surface area contributed by atoms with Gasteiger partial charge in [-0.1, -0.05) is 0 Å². The minimum atomic E-state index is -1.76. The molecule has 1 aliphatic rings. The molecule has 0 amide bonds. The molecule has 0 N–H and O–H groups in total. The van der Waals surface area contributed by atoms with E-state index in [1.54, 1.807) is 0 Å². The molecule has 0 bridgehead atoms. The van der Waals surface area contributed by atoms with Gasteiger partial charge >= 0.3 is 148 Å². The van der Waals surface area contributed by atoms with E-state index < -0.39 is 16.1 Å². The van der Waals surface area contributed by atoms with Gasteiger partial charge in [-0.2, -0.15) is 0 Å². The van der Waals surface area contributed by atoms with Crippen molar-refractivity contribution in [2.45, 2.75) is 26.7 Å². The summed E-state index contributed by atoms with van der Waals surface area (Å²) in [4.78, 5) is 0. The summed E-state index contributed by atoms with van der Waals surface area (Å²) in [6.45, 7) is 2.41. The van der Waals surface area contributed by atoms with Crippen molar-refractivity contribution in [1.82, 2.24) is 0 Å². The summed E-state index contributed by atoms with van der Waals surface area (Å²) in [5, 5.41) is 12.9. The summed E-state index contributed by atoms with van der Waals surface area (Å²) in [5.41, 5.74) is 2.76. The number of fused-ring (bicyclic) bond motifs is 3. The van der Waals surface area contributed by atoms with Crippen molar-refractivity contribution in [2.24, 2.45) is 0 Å². The molecule has 1 atom stereocenters. The first kappa shape index (κ1) is 15.9. The Hall–Kier alpha value is -1.65. The zero-order chi connectivity index (χ0) is 16.9. The second-order valence-electron chi connectivity index (χ2n) is 7.13. The molecule has 0 aromatic heterocycles. The predicted octanol–water partition coefficient (Wildman–Crippen LogP) is 7.42. The Morgan fingerprint density at radius 3 is 2.08 bits per heavy atom. The van der Waals surface area contributed by atoms with E-state index in [-0.39, 0.29) is 3.80 Å². The third kappa shape index (κ3) is 2.40. The Morgan fingerprint density at radius 2 is 1.42 bits per heavy atom. The van der Waals surface area contributed by atoms with Crippen LogP contribution in [0.1, 0.15) is 12.5 Å². The Bertz CT molecular complexity index is 1000. The van der Waals surface area contributed by atoms with Gasteiger partial charge in [-0.15, -0.1) is 0 Å². The van der Waals surface area contributed by atoms with Crippen LogP contribution >= 0.6 is 0 Å². The molecule has 1 heteroatoms. The van der Waals surface area contributed by atoms with Crippen molar-refractivity contribution in [1.29, 1.82) is 0 Å². The quantitative estimate of drug-likeness (QED) is 0.325. The summed E-state index contributed by atoms with van der Waals surface area (Å²) in [6, 6.07) is 19.9. The first-order valence-corrected chi connectivity index (χ1v) is 16.0. The molecule has 126 valence electrons. The van der Waals surface area contributed by atoms with E-state index in [9.17, 15) is 0 Å². The van der Waals surface area contributed by atoms with Crippen molar-refractivity contribution in [3.05, 3.63) is 78.4 Å². The van der Waals surface area contributed by atoms with Gasteiger partial charge in [0.05, 0.1) is 0 Å². The van der Waals surface area contributed by atoms with Crippen LogP contribution in [0.15, 0.2) is 72.8 Å². The third-order valence-corrected chi connectivity index (χ3v) is 13.2. The normalized spacial score (nSPS) is 21.4. The van der Waals surface area contributed by atoms with E-state index >= 15 is 0 Å². The molecule has 0 fully saturated rings. The fraction of sp³-hybridized carbons (Fsp3) is 0.217. The zero-order valence-electron chi connectivity index (χ0n) is 14.7. The van der Waals surface area contributed by atoms with E-state index in [2.05, 4.69) is 95.7 Å². The zero-order valence-corrected chi connectivity index (χ0v) is 17.0. The molecule has 24 heavy (non-hydrogen) atoms. The van der Waals surface area contributed by atoms with Crippen molar-refractivity contribution >= 4 is 27.1 Å². The van der Waals surface area contributed by atoms with Crippen molar-refractivity contribution in [2.75, 3.05) is 0 Å². The van der Waals surface area contributed by atoms with Gasteiger partial charge in [-0.3, -0.25) is 0 Å². The number of allylic oxidation sites excluding steroid dienone is 4. The predicted molar refractivity (Wildman–Crippen MR) is 105 cm³/mol. The van der Waals surface area contributed by atoms with Crippen LogP contribution in [0.25, 0.3) is 27.1 Å². The summed E-state index contributed by atoms with van der Waals surface area (Å²) in [6.07, 6.45) is 7.33. The molecule has 0 heterocycles. The first-order chi connectivity index (χ1) is 11.4. The van der Waals surface area contributed by atoms with Crippen LogP contribution in [-0.4, -0.2) is 0 Å². The average molecular weight is 496 g/mol. The van der Waals surface area contributed by atoms with Crippen molar-refractivity contribution < 1.29 is 16.1 Å². The summed E-state index contributed by atoms with van der Waals surface area (Å²) < 4.78 is 0.273. The molecular formula is C23H24Pt. The van der Waals surface area contributed by atoms with Crippen LogP contribution in [0.3, 0.4) is 0 Å². The monoisotopic (exact) mass is 495 g/mol.